The van der Waals surface area contributed by atoms with Gasteiger partial charge in [0.05, 0.1) is 0 Å². The summed E-state index contributed by atoms with van der Waals surface area (Å²) in [4.78, 5) is 44.9. The van der Waals surface area contributed by atoms with E-state index in [1.807, 2.05) is 5.32 Å². The predicted octanol–water partition coefficient (Wildman–Crippen LogP) is 1.05. The summed E-state index contributed by atoms with van der Waals surface area (Å²) in [5, 5.41) is 4.57. The van der Waals surface area contributed by atoms with Crippen molar-refractivity contribution >= 4 is 24.2 Å². The van der Waals surface area contributed by atoms with E-state index in [0.717, 1.165) is 0 Å². The molecular weight excluding hydrogens is 316 g/mol. The van der Waals surface area contributed by atoms with Crippen LogP contribution in [-0.2, 0) is 14.3 Å². The van der Waals surface area contributed by atoms with E-state index in [1.165, 1.54) is 24.3 Å². The van der Waals surface area contributed by atoms with Crippen LogP contribution >= 0.6 is 0 Å². The average Bonchev–Trinajstić information content (AvgIpc) is 2.49. The van der Waals surface area contributed by atoms with Gasteiger partial charge in [-0.05, 0) is 45.0 Å². The molecule has 0 spiro atoms. The van der Waals surface area contributed by atoms with Gasteiger partial charge in [0, 0.05) is 11.1 Å². The quantitative estimate of drug-likeness (QED) is 0.593. The first-order chi connectivity index (χ1) is 11.2. The van der Waals surface area contributed by atoms with E-state index in [2.05, 4.69) is 10.1 Å². The van der Waals surface area contributed by atoms with E-state index >= 15 is 0 Å². The molecule has 0 atom stereocenters. The lowest BCUT2D eigenvalue weighted by molar-refractivity contribution is -0.150. The van der Waals surface area contributed by atoms with Crippen molar-refractivity contribution in [3.63, 3.8) is 0 Å². The first-order valence-corrected chi connectivity index (χ1v) is 7.15. The lowest BCUT2D eigenvalue weighted by Gasteiger charge is -2.20. The SMILES string of the molecule is CC(C)(C)NC(=O)NC(=O)COC(=O)COc1ccc(C=O)cc1. The minimum atomic E-state index is -0.763. The molecule has 1 aromatic carbocycles. The van der Waals surface area contributed by atoms with Crippen molar-refractivity contribution in [2.45, 2.75) is 26.3 Å². The maximum Gasteiger partial charge on any atom is 0.344 e. The summed E-state index contributed by atoms with van der Waals surface area (Å²) in [7, 11) is 0. The highest BCUT2D eigenvalue weighted by Crippen LogP contribution is 2.10. The Morgan fingerprint density at radius 1 is 1.08 bits per heavy atom. The molecule has 0 aliphatic heterocycles. The Bertz CT molecular complexity index is 604. The summed E-state index contributed by atoms with van der Waals surface area (Å²) in [6.45, 7) is 4.29. The second-order valence-electron chi connectivity index (χ2n) is 5.89. The molecule has 8 heteroatoms. The van der Waals surface area contributed by atoms with Gasteiger partial charge >= 0.3 is 12.0 Å². The Hall–Kier alpha value is -2.90. The number of carbonyl (C=O) groups excluding carboxylic acids is 4. The molecule has 0 radical (unpaired) electrons. The van der Waals surface area contributed by atoms with E-state index in [0.29, 0.717) is 17.6 Å². The summed E-state index contributed by atoms with van der Waals surface area (Å²) in [6, 6.07) is 5.46. The number of esters is 1. The van der Waals surface area contributed by atoms with Gasteiger partial charge in [0.1, 0.15) is 12.0 Å². The summed E-state index contributed by atoms with van der Waals surface area (Å²) in [6.07, 6.45) is 0.687. The highest BCUT2D eigenvalue weighted by Gasteiger charge is 2.16. The van der Waals surface area contributed by atoms with Gasteiger partial charge in [-0.2, -0.15) is 0 Å². The van der Waals surface area contributed by atoms with Crippen molar-refractivity contribution < 1.29 is 28.7 Å². The smallest absolute Gasteiger partial charge is 0.344 e. The molecule has 0 aliphatic rings. The number of benzene rings is 1. The van der Waals surface area contributed by atoms with Gasteiger partial charge < -0.3 is 14.8 Å². The molecule has 8 nitrogen and oxygen atoms in total. The van der Waals surface area contributed by atoms with Crippen molar-refractivity contribution in [3.05, 3.63) is 29.8 Å². The number of ether oxygens (including phenoxy) is 2. The molecule has 130 valence electrons. The molecule has 0 aliphatic carbocycles. The first-order valence-electron chi connectivity index (χ1n) is 7.15. The maximum absolute atomic E-state index is 11.5. The van der Waals surface area contributed by atoms with E-state index < -0.39 is 36.7 Å². The third-order valence-electron chi connectivity index (χ3n) is 2.48. The van der Waals surface area contributed by atoms with E-state index in [9.17, 15) is 19.2 Å². The normalized spacial score (nSPS) is 10.5. The molecule has 0 heterocycles. The highest BCUT2D eigenvalue weighted by atomic mass is 16.6. The van der Waals surface area contributed by atoms with Crippen LogP contribution < -0.4 is 15.4 Å². The van der Waals surface area contributed by atoms with Gasteiger partial charge in [-0.25, -0.2) is 9.59 Å². The molecule has 0 fully saturated rings. The zero-order valence-corrected chi connectivity index (χ0v) is 13.8. The summed E-state index contributed by atoms with van der Waals surface area (Å²) in [5.41, 5.74) is -0.0102. The van der Waals surface area contributed by atoms with Gasteiger partial charge in [0.25, 0.3) is 5.91 Å². The molecule has 0 aromatic heterocycles. The van der Waals surface area contributed by atoms with Gasteiger partial charge in [-0.3, -0.25) is 14.9 Å². The predicted molar refractivity (Wildman–Crippen MR) is 84.7 cm³/mol. The highest BCUT2D eigenvalue weighted by molar-refractivity contribution is 5.95. The molecule has 3 amide bonds. The Kier molecular flexibility index (Phi) is 6.91. The van der Waals surface area contributed by atoms with Crippen molar-refractivity contribution in [2.24, 2.45) is 0 Å². The van der Waals surface area contributed by atoms with Crippen LogP contribution in [0.5, 0.6) is 5.75 Å². The summed E-state index contributed by atoms with van der Waals surface area (Å²) in [5.74, 6) is -1.13. The number of amides is 3. The average molecular weight is 336 g/mol. The standard InChI is InChI=1S/C16H20N2O6/c1-16(2,3)18-15(22)17-13(20)9-24-14(21)10-23-12-6-4-11(8-19)5-7-12/h4-8H,9-10H2,1-3H3,(H2,17,18,20,22). The summed E-state index contributed by atoms with van der Waals surface area (Å²) < 4.78 is 9.83. The van der Waals surface area contributed by atoms with Crippen LogP contribution in [0.1, 0.15) is 31.1 Å². The number of aldehydes is 1. The maximum atomic E-state index is 11.5. The molecule has 0 saturated carbocycles. The van der Waals surface area contributed by atoms with Gasteiger partial charge in [-0.15, -0.1) is 0 Å². The van der Waals surface area contributed by atoms with Crippen molar-refractivity contribution in [2.75, 3.05) is 13.2 Å². The fourth-order valence-corrected chi connectivity index (χ4v) is 1.51. The van der Waals surface area contributed by atoms with Crippen molar-refractivity contribution in [1.82, 2.24) is 10.6 Å². The van der Waals surface area contributed by atoms with E-state index in [1.54, 1.807) is 20.8 Å². The fourth-order valence-electron chi connectivity index (χ4n) is 1.51. The number of rotatable bonds is 6. The monoisotopic (exact) mass is 336 g/mol. The van der Waals surface area contributed by atoms with Crippen LogP contribution in [0.3, 0.4) is 0 Å². The zero-order valence-electron chi connectivity index (χ0n) is 13.8. The third kappa shape index (κ3) is 7.92. The van der Waals surface area contributed by atoms with E-state index in [-0.39, 0.29) is 0 Å². The minimum absolute atomic E-state index is 0.381. The Balaban J connectivity index is 2.28. The molecule has 1 rings (SSSR count). The number of urea groups is 1. The van der Waals surface area contributed by atoms with Crippen LogP contribution in [-0.4, -0.2) is 42.9 Å². The van der Waals surface area contributed by atoms with Crippen LogP contribution in [0.2, 0.25) is 0 Å². The Labute approximate surface area is 139 Å². The first kappa shape index (κ1) is 19.1. The second kappa shape index (κ2) is 8.66. The van der Waals surface area contributed by atoms with Gasteiger partial charge in [0.15, 0.2) is 13.2 Å². The molecule has 0 unspecified atom stereocenters. The molecule has 2 N–H and O–H groups in total. The Morgan fingerprint density at radius 3 is 2.25 bits per heavy atom. The lowest BCUT2D eigenvalue weighted by Crippen LogP contribution is -2.49. The topological polar surface area (TPSA) is 111 Å². The molecule has 0 saturated heterocycles. The minimum Gasteiger partial charge on any atom is -0.482 e. The second-order valence-corrected chi connectivity index (χ2v) is 5.89. The number of hydrogen-bond acceptors (Lipinski definition) is 6. The van der Waals surface area contributed by atoms with Crippen LogP contribution in [0.15, 0.2) is 24.3 Å². The summed E-state index contributed by atoms with van der Waals surface area (Å²) >= 11 is 0. The van der Waals surface area contributed by atoms with E-state index in [4.69, 9.17) is 4.74 Å². The lowest BCUT2D eigenvalue weighted by atomic mass is 10.1. The molecular formula is C16H20N2O6. The van der Waals surface area contributed by atoms with Crippen molar-refractivity contribution in [1.29, 1.82) is 0 Å². The van der Waals surface area contributed by atoms with Crippen molar-refractivity contribution in [3.8, 4) is 5.75 Å². The molecule has 0 bridgehead atoms. The fraction of sp³-hybridized carbons (Fsp3) is 0.375. The van der Waals surface area contributed by atoms with Crippen LogP contribution in [0, 0.1) is 0 Å². The number of imide groups is 1. The van der Waals surface area contributed by atoms with Crippen LogP contribution in [0.4, 0.5) is 4.79 Å². The van der Waals surface area contributed by atoms with Crippen LogP contribution in [0.25, 0.3) is 0 Å². The van der Waals surface area contributed by atoms with Gasteiger partial charge in [0.2, 0.25) is 0 Å². The number of nitrogens with one attached hydrogen (secondary N) is 2. The zero-order chi connectivity index (χ0) is 18.2. The van der Waals surface area contributed by atoms with Gasteiger partial charge in [-0.1, -0.05) is 0 Å². The largest absolute Gasteiger partial charge is 0.482 e. The third-order valence-corrected chi connectivity index (χ3v) is 2.48. The number of carbonyl (C=O) groups is 4. The molecule has 24 heavy (non-hydrogen) atoms. The number of hydrogen-bond donors (Lipinski definition) is 2. The Morgan fingerprint density at radius 2 is 1.71 bits per heavy atom. The molecule has 1 aromatic rings.